The molecule has 1 aliphatic rings. The molecule has 1 amide bonds. The molecule has 0 heterocycles. The molecule has 0 aromatic carbocycles. The summed E-state index contributed by atoms with van der Waals surface area (Å²) in [6, 6.07) is 0.469. The Kier molecular flexibility index (Phi) is 8.94. The number of rotatable bonds is 10. The molecule has 0 unspecified atom stereocenters. The molecule has 0 bridgehead atoms. The fourth-order valence-electron chi connectivity index (χ4n) is 3.06. The average Bonchev–Trinajstić information content (AvgIpc) is 2.78. The lowest BCUT2D eigenvalue weighted by Crippen LogP contribution is -2.32. The predicted molar refractivity (Wildman–Crippen MR) is 82.2 cm³/mol. The third-order valence-electron chi connectivity index (χ3n) is 4.32. The zero-order valence-corrected chi connectivity index (χ0v) is 13.0. The number of carbonyl (C=O) groups excluding carboxylic acids is 1. The van der Waals surface area contributed by atoms with Crippen molar-refractivity contribution >= 4 is 5.91 Å². The van der Waals surface area contributed by atoms with Crippen molar-refractivity contribution in [3.05, 3.63) is 0 Å². The molecular weight excluding hydrogens is 234 g/mol. The van der Waals surface area contributed by atoms with Gasteiger partial charge in [-0.1, -0.05) is 58.8 Å². The van der Waals surface area contributed by atoms with E-state index in [0.29, 0.717) is 6.04 Å². The molecule has 2 heteroatoms. The first-order valence-corrected chi connectivity index (χ1v) is 8.51. The van der Waals surface area contributed by atoms with Gasteiger partial charge in [0.05, 0.1) is 0 Å². The lowest BCUT2D eigenvalue weighted by atomic mass is 10.1. The summed E-state index contributed by atoms with van der Waals surface area (Å²) in [6.07, 6.45) is 14.8. The normalized spacial score (nSPS) is 22.6. The van der Waals surface area contributed by atoms with E-state index in [9.17, 15) is 4.79 Å². The summed E-state index contributed by atoms with van der Waals surface area (Å²) in [4.78, 5) is 11.8. The highest BCUT2D eigenvalue weighted by Gasteiger charge is 2.22. The van der Waals surface area contributed by atoms with Crippen LogP contribution >= 0.6 is 0 Å². The topological polar surface area (TPSA) is 29.1 Å². The van der Waals surface area contributed by atoms with Gasteiger partial charge in [-0.2, -0.15) is 0 Å². The van der Waals surface area contributed by atoms with E-state index >= 15 is 0 Å². The van der Waals surface area contributed by atoms with E-state index in [1.807, 2.05) is 0 Å². The van der Waals surface area contributed by atoms with Crippen molar-refractivity contribution in [1.29, 1.82) is 0 Å². The average molecular weight is 267 g/mol. The number of hydrogen-bond acceptors (Lipinski definition) is 1. The molecule has 2 atom stereocenters. The smallest absolute Gasteiger partial charge is 0.220 e. The number of nitrogens with one attached hydrogen (secondary N) is 1. The van der Waals surface area contributed by atoms with Gasteiger partial charge in [-0.05, 0) is 31.6 Å². The molecule has 0 aromatic heterocycles. The van der Waals surface area contributed by atoms with Crippen LogP contribution in [0.25, 0.3) is 0 Å². The van der Waals surface area contributed by atoms with Crippen molar-refractivity contribution in [3.63, 3.8) is 0 Å². The van der Waals surface area contributed by atoms with E-state index < -0.39 is 0 Å². The van der Waals surface area contributed by atoms with Crippen molar-refractivity contribution in [2.45, 2.75) is 96.9 Å². The summed E-state index contributed by atoms with van der Waals surface area (Å²) < 4.78 is 0. The molecular formula is C17H33NO. The summed E-state index contributed by atoms with van der Waals surface area (Å²) in [5.41, 5.74) is 0. The van der Waals surface area contributed by atoms with Crippen molar-refractivity contribution < 1.29 is 4.79 Å². The van der Waals surface area contributed by atoms with Crippen LogP contribution < -0.4 is 5.32 Å². The van der Waals surface area contributed by atoms with Gasteiger partial charge in [0, 0.05) is 12.5 Å². The van der Waals surface area contributed by atoms with Crippen LogP contribution in [0.5, 0.6) is 0 Å². The lowest BCUT2D eigenvalue weighted by molar-refractivity contribution is -0.121. The van der Waals surface area contributed by atoms with Gasteiger partial charge < -0.3 is 5.32 Å². The zero-order chi connectivity index (χ0) is 13.9. The highest BCUT2D eigenvalue weighted by molar-refractivity contribution is 5.76. The summed E-state index contributed by atoms with van der Waals surface area (Å²) in [7, 11) is 0. The molecule has 0 saturated heterocycles. The lowest BCUT2D eigenvalue weighted by Gasteiger charge is -2.12. The first-order valence-electron chi connectivity index (χ1n) is 8.51. The quantitative estimate of drug-likeness (QED) is 0.565. The van der Waals surface area contributed by atoms with Gasteiger partial charge in [0.15, 0.2) is 0 Å². The molecule has 19 heavy (non-hydrogen) atoms. The van der Waals surface area contributed by atoms with Gasteiger partial charge in [-0.3, -0.25) is 4.79 Å². The number of carbonyl (C=O) groups is 1. The maximum absolute atomic E-state index is 11.8. The molecule has 1 rings (SSSR count). The van der Waals surface area contributed by atoms with Crippen LogP contribution in [0.2, 0.25) is 0 Å². The Labute approximate surface area is 119 Å². The molecule has 0 spiro atoms. The third-order valence-corrected chi connectivity index (χ3v) is 4.32. The molecule has 2 nitrogen and oxygen atoms in total. The molecule has 1 N–H and O–H groups in total. The largest absolute Gasteiger partial charge is 0.353 e. The van der Waals surface area contributed by atoms with Gasteiger partial charge in [-0.25, -0.2) is 0 Å². The highest BCUT2D eigenvalue weighted by Crippen LogP contribution is 2.24. The van der Waals surface area contributed by atoms with Gasteiger partial charge in [-0.15, -0.1) is 0 Å². The summed E-state index contributed by atoms with van der Waals surface area (Å²) >= 11 is 0. The number of unbranched alkanes of at least 4 members (excludes halogenated alkanes) is 7. The van der Waals surface area contributed by atoms with Crippen molar-refractivity contribution in [1.82, 2.24) is 5.32 Å². The minimum Gasteiger partial charge on any atom is -0.353 e. The second-order valence-electron chi connectivity index (χ2n) is 6.41. The summed E-state index contributed by atoms with van der Waals surface area (Å²) in [6.45, 7) is 4.54. The van der Waals surface area contributed by atoms with Crippen LogP contribution in [0.1, 0.15) is 90.9 Å². The monoisotopic (exact) mass is 267 g/mol. The molecule has 0 aliphatic heterocycles. The second kappa shape index (κ2) is 10.3. The first-order chi connectivity index (χ1) is 9.22. The van der Waals surface area contributed by atoms with Crippen LogP contribution in [0.3, 0.4) is 0 Å². The minimum absolute atomic E-state index is 0.282. The van der Waals surface area contributed by atoms with E-state index in [4.69, 9.17) is 0 Å². The third kappa shape index (κ3) is 8.28. The van der Waals surface area contributed by atoms with Crippen molar-refractivity contribution in [3.8, 4) is 0 Å². The van der Waals surface area contributed by atoms with E-state index in [1.54, 1.807) is 0 Å². The van der Waals surface area contributed by atoms with Gasteiger partial charge in [0.2, 0.25) is 5.91 Å². The van der Waals surface area contributed by atoms with Crippen LogP contribution in [0.4, 0.5) is 0 Å². The van der Waals surface area contributed by atoms with E-state index in [2.05, 4.69) is 19.2 Å². The van der Waals surface area contributed by atoms with Crippen LogP contribution in [0, 0.1) is 5.92 Å². The Hall–Kier alpha value is -0.530. The Balaban J connectivity index is 1.87. The molecule has 1 fully saturated rings. The molecule has 0 radical (unpaired) electrons. The predicted octanol–water partition coefficient (Wildman–Crippen LogP) is 4.82. The number of amides is 1. The van der Waals surface area contributed by atoms with Gasteiger partial charge in [0.1, 0.15) is 0 Å². The van der Waals surface area contributed by atoms with Crippen molar-refractivity contribution in [2.24, 2.45) is 5.92 Å². The minimum atomic E-state index is 0.282. The van der Waals surface area contributed by atoms with Gasteiger partial charge in [0.25, 0.3) is 0 Å². The highest BCUT2D eigenvalue weighted by atomic mass is 16.1. The fourth-order valence-corrected chi connectivity index (χ4v) is 3.06. The first kappa shape index (κ1) is 16.5. The Morgan fingerprint density at radius 3 is 2.21 bits per heavy atom. The fraction of sp³-hybridized carbons (Fsp3) is 0.941. The molecule has 1 aliphatic carbocycles. The SMILES string of the molecule is CCCCCCCCCCC(=O)N[C@@H]1CC[C@H](C)C1. The van der Waals surface area contributed by atoms with Gasteiger partial charge >= 0.3 is 0 Å². The van der Waals surface area contributed by atoms with E-state index in [0.717, 1.165) is 18.8 Å². The van der Waals surface area contributed by atoms with Crippen molar-refractivity contribution in [2.75, 3.05) is 0 Å². The van der Waals surface area contributed by atoms with E-state index in [1.165, 1.54) is 64.2 Å². The maximum atomic E-state index is 11.8. The molecule has 1 saturated carbocycles. The summed E-state index contributed by atoms with van der Waals surface area (Å²) in [5, 5.41) is 3.19. The Morgan fingerprint density at radius 2 is 1.63 bits per heavy atom. The van der Waals surface area contributed by atoms with Crippen LogP contribution in [-0.4, -0.2) is 11.9 Å². The molecule has 112 valence electrons. The summed E-state index contributed by atoms with van der Waals surface area (Å²) in [5.74, 6) is 1.08. The maximum Gasteiger partial charge on any atom is 0.220 e. The van der Waals surface area contributed by atoms with Crippen LogP contribution in [-0.2, 0) is 4.79 Å². The standard InChI is InChI=1S/C17H33NO/c1-3-4-5-6-7-8-9-10-11-17(19)18-16-13-12-15(2)14-16/h15-16H,3-14H2,1-2H3,(H,18,19)/t15-,16+/m0/s1. The van der Waals surface area contributed by atoms with E-state index in [-0.39, 0.29) is 5.91 Å². The zero-order valence-electron chi connectivity index (χ0n) is 13.0. The Morgan fingerprint density at radius 1 is 1.00 bits per heavy atom. The number of hydrogen-bond donors (Lipinski definition) is 1. The second-order valence-corrected chi connectivity index (χ2v) is 6.41. The molecule has 0 aromatic rings. The Bertz CT molecular complexity index is 239. The van der Waals surface area contributed by atoms with Crippen LogP contribution in [0.15, 0.2) is 0 Å².